The third-order valence-corrected chi connectivity index (χ3v) is 5.27. The first kappa shape index (κ1) is 14.8. The SMILES string of the molecule is C[C@@H](N)c1ccc(N2CCC3(O)CCCCC3C2)c(F)c1. The van der Waals surface area contributed by atoms with Crippen LogP contribution in [0.15, 0.2) is 18.2 Å². The monoisotopic (exact) mass is 292 g/mol. The quantitative estimate of drug-likeness (QED) is 0.881. The molecular weight excluding hydrogens is 267 g/mol. The predicted octanol–water partition coefficient (Wildman–Crippen LogP) is 2.98. The van der Waals surface area contributed by atoms with Gasteiger partial charge in [-0.3, -0.25) is 0 Å². The second kappa shape index (κ2) is 5.58. The Morgan fingerprint density at radius 2 is 2.19 bits per heavy atom. The fraction of sp³-hybridized carbons (Fsp3) is 0.647. The van der Waals surface area contributed by atoms with E-state index in [9.17, 15) is 9.50 Å². The Bertz CT molecular complexity index is 520. The molecule has 1 saturated heterocycles. The average molecular weight is 292 g/mol. The standard InChI is InChI=1S/C17H25FN2O/c1-12(19)13-5-6-16(15(18)10-13)20-9-8-17(21)7-3-2-4-14(17)11-20/h5-6,10,12,14,21H,2-4,7-9,11,19H2,1H3/t12-,14?,17?/m1/s1. The van der Waals surface area contributed by atoms with Crippen molar-refractivity contribution in [2.24, 2.45) is 11.7 Å². The summed E-state index contributed by atoms with van der Waals surface area (Å²) in [6, 6.07) is 5.13. The first-order valence-corrected chi connectivity index (χ1v) is 8.02. The molecule has 0 aromatic heterocycles. The minimum atomic E-state index is -0.517. The first-order chi connectivity index (χ1) is 9.99. The number of halogens is 1. The maximum absolute atomic E-state index is 14.4. The molecule has 2 fully saturated rings. The van der Waals surface area contributed by atoms with Crippen molar-refractivity contribution in [1.29, 1.82) is 0 Å². The summed E-state index contributed by atoms with van der Waals surface area (Å²) in [5.41, 5.74) is 6.75. The number of anilines is 1. The van der Waals surface area contributed by atoms with Crippen molar-refractivity contribution in [1.82, 2.24) is 0 Å². The average Bonchev–Trinajstić information content (AvgIpc) is 2.46. The summed E-state index contributed by atoms with van der Waals surface area (Å²) >= 11 is 0. The smallest absolute Gasteiger partial charge is 0.146 e. The van der Waals surface area contributed by atoms with Crippen molar-refractivity contribution < 1.29 is 9.50 Å². The van der Waals surface area contributed by atoms with E-state index in [-0.39, 0.29) is 17.8 Å². The van der Waals surface area contributed by atoms with E-state index in [1.165, 1.54) is 6.42 Å². The molecule has 0 amide bonds. The Kier molecular flexibility index (Phi) is 3.93. The molecule has 1 aliphatic heterocycles. The molecule has 3 nitrogen and oxygen atoms in total. The van der Waals surface area contributed by atoms with Crippen LogP contribution in [0.2, 0.25) is 0 Å². The number of fused-ring (bicyclic) bond motifs is 1. The Labute approximate surface area is 125 Å². The number of nitrogens with zero attached hydrogens (tertiary/aromatic N) is 1. The number of rotatable bonds is 2. The van der Waals surface area contributed by atoms with Gasteiger partial charge >= 0.3 is 0 Å². The van der Waals surface area contributed by atoms with Crippen molar-refractivity contribution in [3.8, 4) is 0 Å². The molecule has 4 heteroatoms. The van der Waals surface area contributed by atoms with Crippen molar-refractivity contribution in [3.05, 3.63) is 29.6 Å². The second-order valence-corrected chi connectivity index (χ2v) is 6.74. The Balaban J connectivity index is 1.79. The lowest BCUT2D eigenvalue weighted by atomic mass is 9.71. The molecule has 1 aromatic carbocycles. The van der Waals surface area contributed by atoms with Crippen molar-refractivity contribution in [2.45, 2.75) is 50.7 Å². The fourth-order valence-electron chi connectivity index (χ4n) is 3.85. The number of hydrogen-bond acceptors (Lipinski definition) is 3. The number of benzene rings is 1. The molecule has 116 valence electrons. The summed E-state index contributed by atoms with van der Waals surface area (Å²) in [5, 5.41) is 10.7. The highest BCUT2D eigenvalue weighted by Crippen LogP contribution is 2.41. The predicted molar refractivity (Wildman–Crippen MR) is 82.7 cm³/mol. The van der Waals surface area contributed by atoms with Crippen LogP contribution >= 0.6 is 0 Å². The summed E-state index contributed by atoms with van der Waals surface area (Å²) in [6.45, 7) is 3.34. The van der Waals surface area contributed by atoms with E-state index in [1.807, 2.05) is 19.1 Å². The lowest BCUT2D eigenvalue weighted by Gasteiger charge is -2.48. The van der Waals surface area contributed by atoms with Crippen molar-refractivity contribution >= 4 is 5.69 Å². The maximum atomic E-state index is 14.4. The van der Waals surface area contributed by atoms with E-state index in [0.29, 0.717) is 5.69 Å². The molecule has 3 atom stereocenters. The van der Waals surface area contributed by atoms with Gasteiger partial charge in [-0.15, -0.1) is 0 Å². The summed E-state index contributed by atoms with van der Waals surface area (Å²) in [4.78, 5) is 2.09. The first-order valence-electron chi connectivity index (χ1n) is 8.02. The van der Waals surface area contributed by atoms with Crippen LogP contribution in [0.25, 0.3) is 0 Å². The highest BCUT2D eigenvalue weighted by molar-refractivity contribution is 5.50. The molecule has 1 saturated carbocycles. The maximum Gasteiger partial charge on any atom is 0.146 e. The molecular formula is C17H25FN2O. The molecule has 2 unspecified atom stereocenters. The summed E-state index contributed by atoms with van der Waals surface area (Å²) < 4.78 is 14.4. The van der Waals surface area contributed by atoms with E-state index in [4.69, 9.17) is 5.73 Å². The van der Waals surface area contributed by atoms with Crippen molar-refractivity contribution in [3.63, 3.8) is 0 Å². The summed E-state index contributed by atoms with van der Waals surface area (Å²) in [6.07, 6.45) is 4.98. The normalized spacial score (nSPS) is 30.9. The number of piperidine rings is 1. The minimum absolute atomic E-state index is 0.154. The van der Waals surface area contributed by atoms with E-state index in [2.05, 4.69) is 4.90 Å². The van der Waals surface area contributed by atoms with Crippen LogP contribution in [-0.2, 0) is 0 Å². The highest BCUT2D eigenvalue weighted by atomic mass is 19.1. The van der Waals surface area contributed by atoms with Crippen molar-refractivity contribution in [2.75, 3.05) is 18.0 Å². The van der Waals surface area contributed by atoms with Gasteiger partial charge in [-0.25, -0.2) is 4.39 Å². The van der Waals surface area contributed by atoms with E-state index in [0.717, 1.165) is 44.3 Å². The van der Waals surface area contributed by atoms with Gasteiger partial charge in [0.2, 0.25) is 0 Å². The van der Waals surface area contributed by atoms with Gasteiger partial charge < -0.3 is 15.7 Å². The molecule has 0 spiro atoms. The third-order valence-electron chi connectivity index (χ3n) is 5.27. The molecule has 1 heterocycles. The van der Waals surface area contributed by atoms with Gasteiger partial charge in [0, 0.05) is 25.0 Å². The molecule has 3 rings (SSSR count). The number of hydrogen-bond donors (Lipinski definition) is 2. The summed E-state index contributed by atoms with van der Waals surface area (Å²) in [7, 11) is 0. The molecule has 21 heavy (non-hydrogen) atoms. The lowest BCUT2D eigenvalue weighted by molar-refractivity contribution is -0.0613. The van der Waals surface area contributed by atoms with Gasteiger partial charge in [-0.2, -0.15) is 0 Å². The van der Waals surface area contributed by atoms with Crippen LogP contribution in [-0.4, -0.2) is 23.8 Å². The van der Waals surface area contributed by atoms with Crippen LogP contribution in [0.5, 0.6) is 0 Å². The topological polar surface area (TPSA) is 49.5 Å². The van der Waals surface area contributed by atoms with Crippen LogP contribution in [0.1, 0.15) is 50.6 Å². The van der Waals surface area contributed by atoms with Gasteiger partial charge in [0.05, 0.1) is 11.3 Å². The zero-order valence-corrected chi connectivity index (χ0v) is 12.7. The Morgan fingerprint density at radius 1 is 1.38 bits per heavy atom. The van der Waals surface area contributed by atoms with E-state index in [1.54, 1.807) is 6.07 Å². The van der Waals surface area contributed by atoms with Gasteiger partial charge in [0.1, 0.15) is 5.82 Å². The van der Waals surface area contributed by atoms with Crippen LogP contribution in [0.3, 0.4) is 0 Å². The second-order valence-electron chi connectivity index (χ2n) is 6.74. The minimum Gasteiger partial charge on any atom is -0.389 e. The fourth-order valence-corrected chi connectivity index (χ4v) is 3.85. The van der Waals surface area contributed by atoms with Gasteiger partial charge in [0.15, 0.2) is 0 Å². The van der Waals surface area contributed by atoms with Gasteiger partial charge in [-0.05, 0) is 43.9 Å². The van der Waals surface area contributed by atoms with Gasteiger partial charge in [0.25, 0.3) is 0 Å². The zero-order chi connectivity index (χ0) is 15.0. The molecule has 0 bridgehead atoms. The Morgan fingerprint density at radius 3 is 2.90 bits per heavy atom. The third kappa shape index (κ3) is 2.79. The molecule has 2 aliphatic rings. The number of nitrogens with two attached hydrogens (primary N) is 1. The van der Waals surface area contributed by atoms with E-state index >= 15 is 0 Å². The summed E-state index contributed by atoms with van der Waals surface area (Å²) in [5.74, 6) is 0.0681. The molecule has 1 aliphatic carbocycles. The molecule has 1 aromatic rings. The van der Waals surface area contributed by atoms with Crippen LogP contribution < -0.4 is 10.6 Å². The Hall–Kier alpha value is -1.13. The van der Waals surface area contributed by atoms with Crippen LogP contribution in [0, 0.1) is 11.7 Å². The number of aliphatic hydroxyl groups is 1. The molecule has 3 N–H and O–H groups in total. The van der Waals surface area contributed by atoms with E-state index < -0.39 is 5.60 Å². The largest absolute Gasteiger partial charge is 0.389 e. The zero-order valence-electron chi connectivity index (χ0n) is 12.7. The van der Waals surface area contributed by atoms with Crippen LogP contribution in [0.4, 0.5) is 10.1 Å². The molecule has 0 radical (unpaired) electrons. The highest BCUT2D eigenvalue weighted by Gasteiger charge is 2.43. The van der Waals surface area contributed by atoms with Gasteiger partial charge in [-0.1, -0.05) is 18.9 Å². The lowest BCUT2D eigenvalue weighted by Crippen LogP contribution is -2.53.